The number of hydrogen-bond acceptors (Lipinski definition) is 2. The predicted octanol–water partition coefficient (Wildman–Crippen LogP) is 2.29. The molecule has 2 N–H and O–H groups in total. The minimum atomic E-state index is -0.943. The molecule has 2 aliphatic rings. The standard InChI is InChI=1S/C15H14FNO3/c16-10-2-1-3-11(7-10)17-14(18)12-8-4-5-9(6-8)13(12)15(19)20/h1-5,7-9,12-13H,6H2,(H,17,18)(H,19,20)/t8-,9-,12-,13+/m0/s1. The molecule has 2 aliphatic carbocycles. The molecule has 1 fully saturated rings. The number of hydrogen-bond donors (Lipinski definition) is 2. The first kappa shape index (κ1) is 12.8. The van der Waals surface area contributed by atoms with Crippen molar-refractivity contribution in [1.82, 2.24) is 0 Å². The van der Waals surface area contributed by atoms with E-state index >= 15 is 0 Å². The van der Waals surface area contributed by atoms with Crippen LogP contribution in [0.2, 0.25) is 0 Å². The number of rotatable bonds is 3. The van der Waals surface area contributed by atoms with Gasteiger partial charge in [-0.2, -0.15) is 0 Å². The van der Waals surface area contributed by atoms with Crippen molar-refractivity contribution in [2.24, 2.45) is 23.7 Å². The maximum Gasteiger partial charge on any atom is 0.307 e. The van der Waals surface area contributed by atoms with Crippen LogP contribution in [0.4, 0.5) is 10.1 Å². The van der Waals surface area contributed by atoms with Crippen molar-refractivity contribution in [3.05, 3.63) is 42.2 Å². The lowest BCUT2D eigenvalue weighted by molar-refractivity contribution is -0.146. The predicted molar refractivity (Wildman–Crippen MR) is 70.4 cm³/mol. The highest BCUT2D eigenvalue weighted by atomic mass is 19.1. The fourth-order valence-electron chi connectivity index (χ4n) is 3.31. The van der Waals surface area contributed by atoms with E-state index in [1.807, 2.05) is 12.2 Å². The SMILES string of the molecule is O=C(Nc1cccc(F)c1)[C@@H]1[C@H](C(=O)O)[C@H]2C=C[C@H]1C2. The van der Waals surface area contributed by atoms with Crippen LogP contribution in [0.25, 0.3) is 0 Å². The second kappa shape index (κ2) is 4.74. The zero-order chi connectivity index (χ0) is 14.3. The van der Waals surface area contributed by atoms with Crippen LogP contribution in [0.15, 0.2) is 36.4 Å². The summed E-state index contributed by atoms with van der Waals surface area (Å²) in [6.07, 6.45) is 4.51. The maximum atomic E-state index is 13.1. The van der Waals surface area contributed by atoms with Gasteiger partial charge in [0, 0.05) is 5.69 Å². The van der Waals surface area contributed by atoms with Crippen LogP contribution >= 0.6 is 0 Å². The Morgan fingerprint density at radius 2 is 1.90 bits per heavy atom. The summed E-state index contributed by atoms with van der Waals surface area (Å²) in [7, 11) is 0. The molecule has 0 aromatic heterocycles. The Bertz CT molecular complexity index is 599. The van der Waals surface area contributed by atoms with E-state index in [0.29, 0.717) is 12.1 Å². The van der Waals surface area contributed by atoms with E-state index in [1.54, 1.807) is 6.07 Å². The third-order valence-electron chi connectivity index (χ3n) is 4.14. The van der Waals surface area contributed by atoms with Gasteiger partial charge >= 0.3 is 5.97 Å². The van der Waals surface area contributed by atoms with Gasteiger partial charge in [-0.05, 0) is 36.5 Å². The number of anilines is 1. The first-order valence-electron chi connectivity index (χ1n) is 6.54. The van der Waals surface area contributed by atoms with Crippen LogP contribution < -0.4 is 5.32 Å². The molecular weight excluding hydrogens is 261 g/mol. The first-order chi connectivity index (χ1) is 9.56. The molecule has 20 heavy (non-hydrogen) atoms. The van der Waals surface area contributed by atoms with Crippen molar-refractivity contribution in [1.29, 1.82) is 0 Å². The summed E-state index contributed by atoms with van der Waals surface area (Å²) in [5.74, 6) is -3.09. The molecule has 5 heteroatoms. The normalized spacial score (nSPS) is 30.4. The zero-order valence-corrected chi connectivity index (χ0v) is 10.6. The number of allylic oxidation sites excluding steroid dienone is 2. The number of benzene rings is 1. The van der Waals surface area contributed by atoms with E-state index in [2.05, 4.69) is 5.32 Å². The van der Waals surface area contributed by atoms with Crippen LogP contribution in [0.3, 0.4) is 0 Å². The summed E-state index contributed by atoms with van der Waals surface area (Å²) >= 11 is 0. The molecule has 3 rings (SSSR count). The number of carboxylic acids is 1. The van der Waals surface area contributed by atoms with E-state index in [9.17, 15) is 19.1 Å². The van der Waals surface area contributed by atoms with Crippen LogP contribution in [0.5, 0.6) is 0 Å². The number of aliphatic carboxylic acids is 1. The molecule has 4 atom stereocenters. The Hall–Kier alpha value is -2.17. The average Bonchev–Trinajstić information content (AvgIpc) is 2.98. The van der Waals surface area contributed by atoms with Gasteiger partial charge in [0.2, 0.25) is 5.91 Å². The van der Waals surface area contributed by atoms with Gasteiger partial charge in [-0.3, -0.25) is 9.59 Å². The second-order valence-electron chi connectivity index (χ2n) is 5.34. The summed E-state index contributed by atoms with van der Waals surface area (Å²) in [5, 5.41) is 11.9. The van der Waals surface area contributed by atoms with Crippen molar-refractivity contribution in [2.45, 2.75) is 6.42 Å². The second-order valence-corrected chi connectivity index (χ2v) is 5.34. The Labute approximate surface area is 115 Å². The highest BCUT2D eigenvalue weighted by Crippen LogP contribution is 2.48. The lowest BCUT2D eigenvalue weighted by Gasteiger charge is -2.23. The highest BCUT2D eigenvalue weighted by Gasteiger charge is 2.51. The summed E-state index contributed by atoms with van der Waals surface area (Å²) in [6, 6.07) is 5.59. The molecular formula is C15H14FNO3. The molecule has 4 nitrogen and oxygen atoms in total. The van der Waals surface area contributed by atoms with Crippen molar-refractivity contribution in [2.75, 3.05) is 5.32 Å². The summed E-state index contributed by atoms with van der Waals surface area (Å²) < 4.78 is 13.1. The third-order valence-corrected chi connectivity index (χ3v) is 4.14. The van der Waals surface area contributed by atoms with Gasteiger partial charge < -0.3 is 10.4 Å². The topological polar surface area (TPSA) is 66.4 Å². The molecule has 0 spiro atoms. The van der Waals surface area contributed by atoms with E-state index in [1.165, 1.54) is 18.2 Å². The van der Waals surface area contributed by atoms with Gasteiger partial charge in [0.25, 0.3) is 0 Å². The van der Waals surface area contributed by atoms with Crippen LogP contribution in [-0.4, -0.2) is 17.0 Å². The number of fused-ring (bicyclic) bond motifs is 2. The fraction of sp³-hybridized carbons (Fsp3) is 0.333. The largest absolute Gasteiger partial charge is 0.481 e. The Morgan fingerprint density at radius 3 is 2.55 bits per heavy atom. The van der Waals surface area contributed by atoms with Gasteiger partial charge in [0.1, 0.15) is 5.82 Å². The molecule has 2 bridgehead atoms. The number of carbonyl (C=O) groups excluding carboxylic acids is 1. The molecule has 0 unspecified atom stereocenters. The van der Waals surface area contributed by atoms with Gasteiger partial charge in [-0.25, -0.2) is 4.39 Å². The van der Waals surface area contributed by atoms with E-state index in [4.69, 9.17) is 0 Å². The zero-order valence-electron chi connectivity index (χ0n) is 10.6. The van der Waals surface area contributed by atoms with Crippen molar-refractivity contribution in [3.8, 4) is 0 Å². The molecule has 1 amide bonds. The maximum absolute atomic E-state index is 13.1. The smallest absolute Gasteiger partial charge is 0.307 e. The Kier molecular flexibility index (Phi) is 3.04. The molecule has 1 aromatic carbocycles. The van der Waals surface area contributed by atoms with Gasteiger partial charge in [-0.1, -0.05) is 18.2 Å². The molecule has 0 radical (unpaired) electrons. The van der Waals surface area contributed by atoms with Crippen LogP contribution in [0, 0.1) is 29.5 Å². The lowest BCUT2D eigenvalue weighted by Crippen LogP contribution is -2.36. The molecule has 0 saturated heterocycles. The summed E-state index contributed by atoms with van der Waals surface area (Å²) in [5.41, 5.74) is 0.353. The third kappa shape index (κ3) is 2.09. The summed E-state index contributed by atoms with van der Waals surface area (Å²) in [6.45, 7) is 0. The monoisotopic (exact) mass is 275 g/mol. The minimum Gasteiger partial charge on any atom is -0.481 e. The van der Waals surface area contributed by atoms with E-state index in [0.717, 1.165) is 0 Å². The highest BCUT2D eigenvalue weighted by molar-refractivity contribution is 5.96. The van der Waals surface area contributed by atoms with Crippen molar-refractivity contribution < 1.29 is 19.1 Å². The van der Waals surface area contributed by atoms with Gasteiger partial charge in [-0.15, -0.1) is 0 Å². The molecule has 0 heterocycles. The number of halogens is 1. The number of amides is 1. The Balaban J connectivity index is 1.80. The quantitative estimate of drug-likeness (QED) is 0.832. The van der Waals surface area contributed by atoms with Crippen LogP contribution in [-0.2, 0) is 9.59 Å². The average molecular weight is 275 g/mol. The van der Waals surface area contributed by atoms with Crippen LogP contribution in [0.1, 0.15) is 6.42 Å². The van der Waals surface area contributed by atoms with Crippen molar-refractivity contribution >= 4 is 17.6 Å². The lowest BCUT2D eigenvalue weighted by atomic mass is 9.82. The van der Waals surface area contributed by atoms with Gasteiger partial charge in [0.15, 0.2) is 0 Å². The number of carbonyl (C=O) groups is 2. The summed E-state index contributed by atoms with van der Waals surface area (Å²) in [4.78, 5) is 23.6. The van der Waals surface area contributed by atoms with E-state index < -0.39 is 23.6 Å². The molecule has 1 aromatic rings. The number of nitrogens with one attached hydrogen (secondary N) is 1. The minimum absolute atomic E-state index is 0.0327. The number of carboxylic acid groups (broad SMARTS) is 1. The fourth-order valence-corrected chi connectivity index (χ4v) is 3.31. The first-order valence-corrected chi connectivity index (χ1v) is 6.54. The Morgan fingerprint density at radius 1 is 1.20 bits per heavy atom. The molecule has 104 valence electrons. The van der Waals surface area contributed by atoms with Crippen molar-refractivity contribution in [3.63, 3.8) is 0 Å². The molecule has 0 aliphatic heterocycles. The molecule has 1 saturated carbocycles. The van der Waals surface area contributed by atoms with E-state index in [-0.39, 0.29) is 17.7 Å². The van der Waals surface area contributed by atoms with Gasteiger partial charge in [0.05, 0.1) is 11.8 Å².